The minimum Gasteiger partial charge on any atom is -0.481 e. The molecule has 184 valence electrons. The van der Waals surface area contributed by atoms with Gasteiger partial charge in [-0.1, -0.05) is 40.5 Å². The van der Waals surface area contributed by atoms with Crippen LogP contribution in [0, 0.1) is 11.3 Å². The predicted octanol–water partition coefficient (Wildman–Crippen LogP) is 1.42. The fourth-order valence-corrected chi connectivity index (χ4v) is 5.12. The molecule has 0 bridgehead atoms. The third-order valence-electron chi connectivity index (χ3n) is 6.84. The lowest BCUT2D eigenvalue weighted by Crippen LogP contribution is -2.68. The van der Waals surface area contributed by atoms with Gasteiger partial charge in [-0.3, -0.25) is 19.2 Å². The normalized spacial score (nSPS) is 18.3. The van der Waals surface area contributed by atoms with E-state index in [1.165, 1.54) is 35.8 Å². The third kappa shape index (κ3) is 5.79. The molecule has 0 unspecified atom stereocenters. The molecule has 3 amide bonds. The van der Waals surface area contributed by atoms with Gasteiger partial charge in [-0.2, -0.15) is 0 Å². The van der Waals surface area contributed by atoms with Crippen molar-refractivity contribution >= 4 is 23.7 Å². The second-order valence-corrected chi connectivity index (χ2v) is 10.1. The first-order valence-corrected chi connectivity index (χ1v) is 11.3. The van der Waals surface area contributed by atoms with Gasteiger partial charge in [-0.05, 0) is 31.2 Å². The Morgan fingerprint density at radius 2 is 1.44 bits per heavy atom. The number of carboxylic acids is 1. The molecule has 0 heterocycles. The summed E-state index contributed by atoms with van der Waals surface area (Å²) in [5.41, 5.74) is -0.684. The Morgan fingerprint density at radius 1 is 0.938 bits per heavy atom. The highest BCUT2D eigenvalue weighted by Gasteiger charge is 2.55. The van der Waals surface area contributed by atoms with E-state index in [9.17, 15) is 24.3 Å². The zero-order chi connectivity index (χ0) is 25.0. The minimum absolute atomic E-state index is 0.0371. The van der Waals surface area contributed by atoms with Crippen molar-refractivity contribution in [3.05, 3.63) is 0 Å². The lowest BCUT2D eigenvalue weighted by molar-refractivity contribution is -0.159. The highest BCUT2D eigenvalue weighted by atomic mass is 16.4. The number of carboxylic acid groups (broad SMARTS) is 1. The molecule has 0 saturated heterocycles. The molecule has 2 N–H and O–H groups in total. The number of carbonyl (C=O) groups is 4. The smallest absolute Gasteiger partial charge is 0.305 e. The molecule has 9 nitrogen and oxygen atoms in total. The van der Waals surface area contributed by atoms with Crippen molar-refractivity contribution in [2.45, 2.75) is 77.4 Å². The molecule has 0 radical (unpaired) electrons. The summed E-state index contributed by atoms with van der Waals surface area (Å²) in [5, 5.41) is 12.5. The Kier molecular flexibility index (Phi) is 9.27. The average Bonchev–Trinajstić information content (AvgIpc) is 2.70. The monoisotopic (exact) mass is 454 g/mol. The SMILES string of the molecule is CCC(CC)[C@@H](C(=O)N(C)[C@@H](CC(=O)O)C(=O)N(C)C)N(C)C(=O)C1(NC)CC(C)(C)C1. The first-order valence-electron chi connectivity index (χ1n) is 11.3. The van der Waals surface area contributed by atoms with Gasteiger partial charge >= 0.3 is 5.97 Å². The topological polar surface area (TPSA) is 110 Å². The van der Waals surface area contributed by atoms with Crippen LogP contribution < -0.4 is 5.32 Å². The van der Waals surface area contributed by atoms with E-state index in [4.69, 9.17) is 0 Å². The number of amides is 3. The van der Waals surface area contributed by atoms with Crippen LogP contribution in [0.2, 0.25) is 0 Å². The third-order valence-corrected chi connectivity index (χ3v) is 6.84. The second-order valence-electron chi connectivity index (χ2n) is 10.1. The second kappa shape index (κ2) is 10.6. The molecule has 1 aliphatic rings. The van der Waals surface area contributed by atoms with Crippen molar-refractivity contribution in [1.29, 1.82) is 0 Å². The summed E-state index contributed by atoms with van der Waals surface area (Å²) >= 11 is 0. The van der Waals surface area contributed by atoms with E-state index in [-0.39, 0.29) is 17.2 Å². The van der Waals surface area contributed by atoms with E-state index < -0.39 is 41.8 Å². The Morgan fingerprint density at radius 3 is 1.78 bits per heavy atom. The molecule has 1 saturated carbocycles. The molecule has 0 aromatic carbocycles. The average molecular weight is 455 g/mol. The molecule has 32 heavy (non-hydrogen) atoms. The molecule has 1 fully saturated rings. The summed E-state index contributed by atoms with van der Waals surface area (Å²) in [6, 6.07) is -1.93. The molecular formula is C23H42N4O5. The van der Waals surface area contributed by atoms with E-state index in [1.807, 2.05) is 13.8 Å². The molecule has 0 aliphatic heterocycles. The summed E-state index contributed by atoms with van der Waals surface area (Å²) in [7, 11) is 7.91. The van der Waals surface area contributed by atoms with Crippen molar-refractivity contribution in [3.8, 4) is 0 Å². The number of carbonyl (C=O) groups excluding carboxylic acids is 3. The van der Waals surface area contributed by atoms with Crippen LogP contribution >= 0.6 is 0 Å². The van der Waals surface area contributed by atoms with E-state index in [2.05, 4.69) is 19.2 Å². The maximum atomic E-state index is 13.7. The zero-order valence-electron chi connectivity index (χ0n) is 21.2. The summed E-state index contributed by atoms with van der Waals surface area (Å²) < 4.78 is 0. The Balaban J connectivity index is 3.32. The van der Waals surface area contributed by atoms with Crippen LogP contribution in [0.4, 0.5) is 0 Å². The van der Waals surface area contributed by atoms with Gasteiger partial charge in [-0.15, -0.1) is 0 Å². The number of hydrogen-bond acceptors (Lipinski definition) is 5. The molecule has 0 spiro atoms. The summed E-state index contributed by atoms with van der Waals surface area (Å²) in [6.45, 7) is 8.15. The Bertz CT molecular complexity index is 709. The van der Waals surface area contributed by atoms with Gasteiger partial charge in [0, 0.05) is 28.2 Å². The molecule has 9 heteroatoms. The van der Waals surface area contributed by atoms with Gasteiger partial charge in [0.15, 0.2) is 0 Å². The minimum atomic E-state index is -1.17. The molecule has 1 aliphatic carbocycles. The summed E-state index contributed by atoms with van der Waals surface area (Å²) in [4.78, 5) is 55.4. The van der Waals surface area contributed by atoms with Crippen LogP contribution in [0.5, 0.6) is 0 Å². The fraction of sp³-hybridized carbons (Fsp3) is 0.826. The predicted molar refractivity (Wildman–Crippen MR) is 123 cm³/mol. The molecule has 0 aromatic heterocycles. The number of aliphatic carboxylic acids is 1. The van der Waals surface area contributed by atoms with Crippen LogP contribution in [0.1, 0.15) is 59.8 Å². The van der Waals surface area contributed by atoms with Gasteiger partial charge in [0.1, 0.15) is 12.1 Å². The Hall–Kier alpha value is -2.16. The zero-order valence-corrected chi connectivity index (χ0v) is 21.2. The van der Waals surface area contributed by atoms with Crippen molar-refractivity contribution in [3.63, 3.8) is 0 Å². The largest absolute Gasteiger partial charge is 0.481 e. The van der Waals surface area contributed by atoms with Crippen molar-refractivity contribution < 1.29 is 24.3 Å². The van der Waals surface area contributed by atoms with Gasteiger partial charge in [0.2, 0.25) is 17.7 Å². The molecule has 0 aromatic rings. The maximum absolute atomic E-state index is 13.7. The maximum Gasteiger partial charge on any atom is 0.305 e. The van der Waals surface area contributed by atoms with Crippen molar-refractivity contribution in [1.82, 2.24) is 20.0 Å². The fourth-order valence-electron chi connectivity index (χ4n) is 5.12. The van der Waals surface area contributed by atoms with Crippen LogP contribution in [-0.2, 0) is 19.2 Å². The first kappa shape index (κ1) is 27.9. The summed E-state index contributed by atoms with van der Waals surface area (Å²) in [5.74, 6) is -2.32. The molecular weight excluding hydrogens is 412 g/mol. The van der Waals surface area contributed by atoms with Crippen LogP contribution in [-0.4, -0.2) is 96.4 Å². The van der Waals surface area contributed by atoms with Crippen molar-refractivity contribution in [2.24, 2.45) is 11.3 Å². The quantitative estimate of drug-likeness (QED) is 0.489. The first-order chi connectivity index (χ1) is 14.7. The van der Waals surface area contributed by atoms with E-state index in [0.29, 0.717) is 25.7 Å². The standard InChI is InChI=1S/C23H42N4O5/c1-10-15(11-2)18(27(9)21(32)23(24-5)13-22(3,4)14-23)20(31)26(8)16(12-17(28)29)19(30)25(6)7/h15-16,18,24H,10-14H2,1-9H3,(H,28,29)/t16-,18-/m0/s1. The van der Waals surface area contributed by atoms with Gasteiger partial charge in [0.05, 0.1) is 12.0 Å². The highest BCUT2D eigenvalue weighted by Crippen LogP contribution is 2.48. The number of likely N-dealkylation sites (N-methyl/N-ethyl adjacent to an activating group) is 4. The number of nitrogens with zero attached hydrogens (tertiary/aromatic N) is 3. The van der Waals surface area contributed by atoms with Crippen molar-refractivity contribution in [2.75, 3.05) is 35.2 Å². The number of hydrogen-bond donors (Lipinski definition) is 2. The van der Waals surface area contributed by atoms with Gasteiger partial charge < -0.3 is 25.1 Å². The molecule has 2 atom stereocenters. The van der Waals surface area contributed by atoms with Crippen LogP contribution in [0.25, 0.3) is 0 Å². The van der Waals surface area contributed by atoms with E-state index in [1.54, 1.807) is 14.1 Å². The van der Waals surface area contributed by atoms with Crippen LogP contribution in [0.3, 0.4) is 0 Å². The number of rotatable bonds is 11. The lowest BCUT2D eigenvalue weighted by atomic mass is 9.58. The Labute approximate surface area is 192 Å². The summed E-state index contributed by atoms with van der Waals surface area (Å²) in [6.07, 6.45) is 2.17. The van der Waals surface area contributed by atoms with E-state index >= 15 is 0 Å². The van der Waals surface area contributed by atoms with Gasteiger partial charge in [0.25, 0.3) is 0 Å². The number of nitrogens with one attached hydrogen (secondary N) is 1. The van der Waals surface area contributed by atoms with Gasteiger partial charge in [-0.25, -0.2) is 0 Å². The van der Waals surface area contributed by atoms with E-state index in [0.717, 1.165) is 0 Å². The molecule has 1 rings (SSSR count). The lowest BCUT2D eigenvalue weighted by Gasteiger charge is -2.54. The highest BCUT2D eigenvalue weighted by molar-refractivity contribution is 5.95. The van der Waals surface area contributed by atoms with Crippen LogP contribution in [0.15, 0.2) is 0 Å².